The highest BCUT2D eigenvalue weighted by Crippen LogP contribution is 2.18. The summed E-state index contributed by atoms with van der Waals surface area (Å²) >= 11 is 0. The number of benzene rings is 2. The minimum atomic E-state index is -0.979. The van der Waals surface area contributed by atoms with E-state index in [1.54, 1.807) is 7.05 Å². The number of nitrogens with one attached hydrogen (secondary N) is 1. The van der Waals surface area contributed by atoms with Crippen LogP contribution in [0.1, 0.15) is 11.1 Å². The van der Waals surface area contributed by atoms with Crippen LogP contribution in [0.2, 0.25) is 0 Å². The van der Waals surface area contributed by atoms with Crippen LogP contribution in [0.4, 0.5) is 0 Å². The first-order chi connectivity index (χ1) is 11.8. The van der Waals surface area contributed by atoms with E-state index in [1.807, 2.05) is 30.3 Å². The van der Waals surface area contributed by atoms with Crippen LogP contribution in [-0.4, -0.2) is 41.0 Å². The number of fused-ring (bicyclic) bond motifs is 1. The van der Waals surface area contributed by atoms with Crippen molar-refractivity contribution in [1.82, 2.24) is 10.2 Å². The van der Waals surface area contributed by atoms with Gasteiger partial charge in [-0.25, -0.2) is 0 Å². The zero-order valence-corrected chi connectivity index (χ0v) is 17.5. The fourth-order valence-corrected chi connectivity index (χ4v) is 3.94. The lowest BCUT2D eigenvalue weighted by Crippen LogP contribution is -2.45. The Morgan fingerprint density at radius 3 is 2.52 bits per heavy atom. The van der Waals surface area contributed by atoms with Gasteiger partial charge < -0.3 is 10.2 Å². The van der Waals surface area contributed by atoms with E-state index in [9.17, 15) is 4.21 Å². The van der Waals surface area contributed by atoms with Crippen molar-refractivity contribution in [2.45, 2.75) is 17.9 Å². The fraction of sp³-hybridized carbons (Fsp3) is 0.316. The van der Waals surface area contributed by atoms with E-state index in [4.69, 9.17) is 0 Å². The average molecular weight is 469 g/mol. The smallest absolute Gasteiger partial charge is 0.193 e. The van der Waals surface area contributed by atoms with Crippen LogP contribution in [0.3, 0.4) is 0 Å². The summed E-state index contributed by atoms with van der Waals surface area (Å²) in [5.41, 5.74) is 2.79. The summed E-state index contributed by atoms with van der Waals surface area (Å²) in [6, 6.07) is 18.2. The Morgan fingerprint density at radius 1 is 1.12 bits per heavy atom. The predicted octanol–water partition coefficient (Wildman–Crippen LogP) is 3.05. The Balaban J connectivity index is 0.00000225. The van der Waals surface area contributed by atoms with Gasteiger partial charge in [-0.3, -0.25) is 9.20 Å². The van der Waals surface area contributed by atoms with Crippen molar-refractivity contribution in [3.8, 4) is 0 Å². The molecule has 1 atom stereocenters. The molecule has 1 N–H and O–H groups in total. The first kappa shape index (κ1) is 19.9. The molecule has 6 heteroatoms. The van der Waals surface area contributed by atoms with E-state index >= 15 is 0 Å². The lowest BCUT2D eigenvalue weighted by molar-refractivity contribution is 0.380. The highest BCUT2D eigenvalue weighted by Gasteiger charge is 2.18. The zero-order valence-electron chi connectivity index (χ0n) is 14.4. The first-order valence-electron chi connectivity index (χ1n) is 8.24. The SMILES string of the molecule is CN=C(NCCS(=O)c1ccccc1)N1CCc2ccccc2C1.I. The largest absolute Gasteiger partial charge is 0.355 e. The second-order valence-electron chi connectivity index (χ2n) is 5.78. The van der Waals surface area contributed by atoms with Gasteiger partial charge in [0.05, 0.1) is 10.8 Å². The van der Waals surface area contributed by atoms with E-state index in [0.29, 0.717) is 12.3 Å². The molecule has 0 saturated heterocycles. The van der Waals surface area contributed by atoms with Gasteiger partial charge in [-0.2, -0.15) is 0 Å². The molecule has 1 aliphatic heterocycles. The molecule has 0 radical (unpaired) electrons. The highest BCUT2D eigenvalue weighted by molar-refractivity contribution is 14.0. The number of halogens is 1. The van der Waals surface area contributed by atoms with Gasteiger partial charge in [0.2, 0.25) is 0 Å². The molecule has 2 aromatic carbocycles. The summed E-state index contributed by atoms with van der Waals surface area (Å²) in [7, 11) is 0.824. The summed E-state index contributed by atoms with van der Waals surface area (Å²) in [4.78, 5) is 7.52. The van der Waals surface area contributed by atoms with Crippen molar-refractivity contribution >= 4 is 40.7 Å². The highest BCUT2D eigenvalue weighted by atomic mass is 127. The van der Waals surface area contributed by atoms with Crippen LogP contribution in [0.15, 0.2) is 64.5 Å². The third-order valence-corrected chi connectivity index (χ3v) is 5.59. The summed E-state index contributed by atoms with van der Waals surface area (Å²) < 4.78 is 12.3. The molecule has 3 rings (SSSR count). The molecule has 0 bridgehead atoms. The Kier molecular flexibility index (Phi) is 7.90. The lowest BCUT2D eigenvalue weighted by Gasteiger charge is -2.31. The summed E-state index contributed by atoms with van der Waals surface area (Å²) in [5, 5.41) is 3.35. The van der Waals surface area contributed by atoms with Gasteiger partial charge >= 0.3 is 0 Å². The summed E-state index contributed by atoms with van der Waals surface area (Å²) in [6.45, 7) is 2.47. The number of guanidine groups is 1. The Bertz CT molecular complexity index is 736. The van der Waals surface area contributed by atoms with E-state index in [2.05, 4.69) is 39.5 Å². The van der Waals surface area contributed by atoms with E-state index < -0.39 is 10.8 Å². The zero-order chi connectivity index (χ0) is 16.8. The third kappa shape index (κ3) is 5.28. The Hall–Kier alpha value is -1.41. The minimum Gasteiger partial charge on any atom is -0.355 e. The van der Waals surface area contributed by atoms with Gasteiger partial charge in [0.1, 0.15) is 0 Å². The molecule has 0 amide bonds. The molecule has 1 heterocycles. The summed E-state index contributed by atoms with van der Waals surface area (Å²) in [6.07, 6.45) is 1.03. The molecule has 0 aromatic heterocycles. The first-order valence-corrected chi connectivity index (χ1v) is 9.55. The third-order valence-electron chi connectivity index (χ3n) is 4.22. The number of rotatable bonds is 4. The van der Waals surface area contributed by atoms with Gasteiger partial charge in [0.25, 0.3) is 0 Å². The molecule has 134 valence electrons. The van der Waals surface area contributed by atoms with Crippen molar-refractivity contribution in [2.75, 3.05) is 25.9 Å². The molecular weight excluding hydrogens is 445 g/mol. The maximum Gasteiger partial charge on any atom is 0.193 e. The molecule has 4 nitrogen and oxygen atoms in total. The van der Waals surface area contributed by atoms with Crippen LogP contribution < -0.4 is 5.32 Å². The Labute approximate surface area is 169 Å². The second kappa shape index (κ2) is 9.91. The minimum absolute atomic E-state index is 0. The van der Waals surface area contributed by atoms with Crippen molar-refractivity contribution < 1.29 is 4.21 Å². The topological polar surface area (TPSA) is 44.7 Å². The van der Waals surface area contributed by atoms with Crippen molar-refractivity contribution in [2.24, 2.45) is 4.99 Å². The predicted molar refractivity (Wildman–Crippen MR) is 115 cm³/mol. The average Bonchev–Trinajstić information content (AvgIpc) is 2.65. The Morgan fingerprint density at radius 2 is 1.80 bits per heavy atom. The van der Waals surface area contributed by atoms with Crippen molar-refractivity contribution in [3.63, 3.8) is 0 Å². The number of hydrogen-bond acceptors (Lipinski definition) is 2. The monoisotopic (exact) mass is 469 g/mol. The van der Waals surface area contributed by atoms with E-state index in [0.717, 1.165) is 30.4 Å². The van der Waals surface area contributed by atoms with Crippen LogP contribution in [0.5, 0.6) is 0 Å². The maximum atomic E-state index is 12.3. The maximum absolute atomic E-state index is 12.3. The lowest BCUT2D eigenvalue weighted by atomic mass is 10.0. The fourth-order valence-electron chi connectivity index (χ4n) is 2.95. The van der Waals surface area contributed by atoms with Gasteiger partial charge in [0, 0.05) is 37.3 Å². The second-order valence-corrected chi connectivity index (χ2v) is 7.35. The number of aliphatic imine (C=N–C) groups is 1. The molecular formula is C19H24IN3OS. The quantitative estimate of drug-likeness (QED) is 0.426. The number of nitrogens with zero attached hydrogens (tertiary/aromatic N) is 2. The van der Waals surface area contributed by atoms with Crippen LogP contribution >= 0.6 is 24.0 Å². The van der Waals surface area contributed by atoms with E-state index in [-0.39, 0.29) is 24.0 Å². The molecule has 2 aromatic rings. The molecule has 25 heavy (non-hydrogen) atoms. The van der Waals surface area contributed by atoms with Crippen molar-refractivity contribution in [3.05, 3.63) is 65.7 Å². The molecule has 0 spiro atoms. The molecule has 1 unspecified atom stereocenters. The molecule has 0 fully saturated rings. The van der Waals surface area contributed by atoms with Gasteiger partial charge in [-0.1, -0.05) is 42.5 Å². The van der Waals surface area contributed by atoms with Crippen LogP contribution in [-0.2, 0) is 23.8 Å². The number of hydrogen-bond donors (Lipinski definition) is 1. The molecule has 1 aliphatic rings. The van der Waals surface area contributed by atoms with Gasteiger partial charge in [-0.15, -0.1) is 24.0 Å². The summed E-state index contributed by atoms with van der Waals surface area (Å²) in [5.74, 6) is 1.46. The molecule has 0 saturated carbocycles. The van der Waals surface area contributed by atoms with Gasteiger partial charge in [0.15, 0.2) is 5.96 Å². The van der Waals surface area contributed by atoms with Gasteiger partial charge in [-0.05, 0) is 29.7 Å². The van der Waals surface area contributed by atoms with Crippen LogP contribution in [0, 0.1) is 0 Å². The molecule has 0 aliphatic carbocycles. The normalized spacial score (nSPS) is 15.1. The van der Waals surface area contributed by atoms with Crippen molar-refractivity contribution in [1.29, 1.82) is 0 Å². The standard InChI is InChI=1S/C19H23N3OS.HI/c1-20-19(21-12-14-24(23)18-9-3-2-4-10-18)22-13-11-16-7-5-6-8-17(16)15-22;/h2-10H,11-15H2,1H3,(H,20,21);1H. The van der Waals surface area contributed by atoms with Crippen LogP contribution in [0.25, 0.3) is 0 Å². The van der Waals surface area contributed by atoms with E-state index in [1.165, 1.54) is 11.1 Å².